The van der Waals surface area contributed by atoms with Gasteiger partial charge in [0, 0.05) is 30.6 Å². The van der Waals surface area contributed by atoms with Gasteiger partial charge >= 0.3 is 12.2 Å². The maximum absolute atomic E-state index is 13.0. The van der Waals surface area contributed by atoms with E-state index < -0.39 is 22.7 Å². The number of benzene rings is 2. The van der Waals surface area contributed by atoms with Crippen molar-refractivity contribution in [3.05, 3.63) is 83.6 Å². The number of hydrogen-bond acceptors (Lipinski definition) is 8. The van der Waals surface area contributed by atoms with Crippen molar-refractivity contribution in [2.24, 2.45) is 5.92 Å². The Morgan fingerprint density at radius 3 is 2.42 bits per heavy atom. The molecule has 278 valence electrons. The van der Waals surface area contributed by atoms with Gasteiger partial charge in [0.15, 0.2) is 0 Å². The lowest BCUT2D eigenvalue weighted by Gasteiger charge is -2.32. The zero-order valence-corrected chi connectivity index (χ0v) is 33.2. The van der Waals surface area contributed by atoms with E-state index in [-0.39, 0.29) is 22.1 Å². The van der Waals surface area contributed by atoms with Crippen LogP contribution in [0.15, 0.2) is 60.8 Å². The van der Waals surface area contributed by atoms with Gasteiger partial charge in [0.25, 0.3) is 0 Å². The standard InChI is InChI=1S/C41H48N6O4S2/c1-24-21-41(36(53-41)47(23-24)38(49)51-40(5,6)7)35-42-22-32(45-35)28-16-13-25(14-17-28)9-10-27-15-18-30-31(20-27)44-33(43-30)29(19-26-11-12-26)34(52)46(8)37(48)50-39(2,3)4/h13-18,20,22,26,29,34,36,52H,1,11-12,19,21,23H2,2-8H3,(H,42,45)(H,43,44). The van der Waals surface area contributed by atoms with Crippen molar-refractivity contribution in [2.75, 3.05) is 13.6 Å². The second kappa shape index (κ2) is 13.8. The first-order chi connectivity index (χ1) is 25.0. The summed E-state index contributed by atoms with van der Waals surface area (Å²) in [5, 5.41) is -0.436. The van der Waals surface area contributed by atoms with Crippen molar-refractivity contribution >= 4 is 47.6 Å². The van der Waals surface area contributed by atoms with Gasteiger partial charge in [0.1, 0.15) is 33.0 Å². The van der Waals surface area contributed by atoms with E-state index in [1.165, 1.54) is 12.8 Å². The molecule has 2 aliphatic heterocycles. The Kier molecular flexibility index (Phi) is 9.64. The molecule has 4 atom stereocenters. The van der Waals surface area contributed by atoms with Crippen LogP contribution in [0, 0.1) is 17.8 Å². The summed E-state index contributed by atoms with van der Waals surface area (Å²) in [6.45, 7) is 15.9. The molecule has 3 aliphatic rings. The van der Waals surface area contributed by atoms with Crippen LogP contribution in [0.1, 0.15) is 95.9 Å². The van der Waals surface area contributed by atoms with Crippen LogP contribution in [0.2, 0.25) is 0 Å². The first-order valence-corrected chi connectivity index (χ1v) is 19.5. The fourth-order valence-corrected chi connectivity index (χ4v) is 8.54. The molecular formula is C41H48N6O4S2. The van der Waals surface area contributed by atoms with Gasteiger partial charge in [0.2, 0.25) is 0 Å². The maximum Gasteiger partial charge on any atom is 0.411 e. The van der Waals surface area contributed by atoms with Crippen LogP contribution in [-0.4, -0.2) is 77.5 Å². The number of aromatic nitrogens is 4. The van der Waals surface area contributed by atoms with E-state index in [2.05, 4.69) is 28.4 Å². The number of hydrogen-bond donors (Lipinski definition) is 3. The predicted octanol–water partition coefficient (Wildman–Crippen LogP) is 8.82. The number of rotatable bonds is 7. The number of nitrogens with one attached hydrogen (secondary N) is 2. The van der Waals surface area contributed by atoms with Gasteiger partial charge in [-0.1, -0.05) is 49.0 Å². The molecule has 4 heterocycles. The molecule has 1 aliphatic carbocycles. The van der Waals surface area contributed by atoms with Gasteiger partial charge in [-0.2, -0.15) is 12.6 Å². The van der Waals surface area contributed by atoms with E-state index in [4.69, 9.17) is 32.1 Å². The van der Waals surface area contributed by atoms with Crippen LogP contribution in [0.4, 0.5) is 9.59 Å². The Morgan fingerprint density at radius 2 is 1.74 bits per heavy atom. The third-order valence-corrected chi connectivity index (χ3v) is 11.9. The van der Waals surface area contributed by atoms with E-state index in [1.807, 2.05) is 90.2 Å². The number of thiol groups is 1. The number of imidazole rings is 2. The number of fused-ring (bicyclic) bond motifs is 2. The molecule has 3 fully saturated rings. The number of likely N-dealkylation sites (N-methyl/N-ethyl adjacent to an activating group) is 1. The molecule has 4 aromatic rings. The lowest BCUT2D eigenvalue weighted by Crippen LogP contribution is -2.45. The number of ether oxygens (including phenoxy) is 2. The van der Waals surface area contributed by atoms with Crippen molar-refractivity contribution in [1.29, 1.82) is 0 Å². The number of piperidine rings is 1. The Labute approximate surface area is 321 Å². The molecule has 2 saturated heterocycles. The second-order valence-corrected chi connectivity index (χ2v) is 18.5. The van der Waals surface area contributed by atoms with E-state index in [0.717, 1.165) is 63.5 Å². The molecule has 0 radical (unpaired) electrons. The zero-order valence-electron chi connectivity index (χ0n) is 31.4. The normalized spacial score (nSPS) is 20.9. The molecule has 7 rings (SSSR count). The van der Waals surface area contributed by atoms with Gasteiger partial charge < -0.3 is 19.4 Å². The summed E-state index contributed by atoms with van der Waals surface area (Å²) >= 11 is 6.62. The molecule has 2 aromatic carbocycles. The highest BCUT2D eigenvalue weighted by Crippen LogP contribution is 2.67. The van der Waals surface area contributed by atoms with E-state index in [0.29, 0.717) is 12.5 Å². The summed E-state index contributed by atoms with van der Waals surface area (Å²) < 4.78 is 11.0. The largest absolute Gasteiger partial charge is 0.444 e. The van der Waals surface area contributed by atoms with Gasteiger partial charge in [-0.05, 0) is 96.2 Å². The summed E-state index contributed by atoms with van der Waals surface area (Å²) in [5.74, 6) is 8.79. The zero-order chi connectivity index (χ0) is 37.9. The highest BCUT2D eigenvalue weighted by Gasteiger charge is 2.65. The summed E-state index contributed by atoms with van der Waals surface area (Å²) in [6, 6.07) is 14.1. The van der Waals surface area contributed by atoms with Crippen LogP contribution >= 0.6 is 24.4 Å². The van der Waals surface area contributed by atoms with Crippen molar-refractivity contribution in [2.45, 2.75) is 99.8 Å². The average Bonchev–Trinajstić information content (AvgIpc) is 3.94. The predicted molar refractivity (Wildman–Crippen MR) is 213 cm³/mol. The van der Waals surface area contributed by atoms with E-state index >= 15 is 0 Å². The quantitative estimate of drug-likeness (QED) is 0.0568. The van der Waals surface area contributed by atoms with Crippen molar-refractivity contribution in [3.63, 3.8) is 0 Å². The Morgan fingerprint density at radius 1 is 1.06 bits per heavy atom. The topological polar surface area (TPSA) is 116 Å². The smallest absolute Gasteiger partial charge is 0.411 e. The minimum Gasteiger partial charge on any atom is -0.444 e. The number of carbonyl (C=O) groups is 2. The molecule has 4 unspecified atom stereocenters. The van der Waals surface area contributed by atoms with Crippen molar-refractivity contribution in [3.8, 4) is 23.1 Å². The fourth-order valence-electron chi connectivity index (χ4n) is 6.74. The average molecular weight is 753 g/mol. The molecule has 2 aromatic heterocycles. The molecule has 0 bridgehead atoms. The lowest BCUT2D eigenvalue weighted by atomic mass is 9.94. The number of amides is 2. The number of thioether (sulfide) groups is 1. The number of aromatic amines is 2. The summed E-state index contributed by atoms with van der Waals surface area (Å²) in [5.41, 5.74) is 5.23. The third-order valence-electron chi connectivity index (χ3n) is 9.58. The first kappa shape index (κ1) is 37.0. The van der Waals surface area contributed by atoms with Gasteiger partial charge in [-0.25, -0.2) is 19.6 Å². The molecular weight excluding hydrogens is 705 g/mol. The number of nitrogens with zero attached hydrogens (tertiary/aromatic N) is 4. The molecule has 2 amide bonds. The lowest BCUT2D eigenvalue weighted by molar-refractivity contribution is 0.0222. The highest BCUT2D eigenvalue weighted by molar-refractivity contribution is 8.08. The first-order valence-electron chi connectivity index (χ1n) is 18.1. The van der Waals surface area contributed by atoms with Gasteiger partial charge in [-0.15, -0.1) is 11.8 Å². The van der Waals surface area contributed by atoms with Gasteiger partial charge in [0.05, 0.1) is 28.3 Å². The van der Waals surface area contributed by atoms with E-state index in [9.17, 15) is 9.59 Å². The summed E-state index contributed by atoms with van der Waals surface area (Å²) in [4.78, 5) is 45.9. The minimum atomic E-state index is -0.589. The fraction of sp³-hybridized carbons (Fsp3) is 0.463. The van der Waals surface area contributed by atoms with E-state index in [1.54, 1.807) is 28.6 Å². The summed E-state index contributed by atoms with van der Waals surface area (Å²) in [7, 11) is 1.74. The van der Waals surface area contributed by atoms with Crippen molar-refractivity contribution < 1.29 is 19.1 Å². The Bertz CT molecular complexity index is 2110. The third kappa shape index (κ3) is 8.26. The van der Waals surface area contributed by atoms with Crippen LogP contribution in [-0.2, 0) is 14.2 Å². The number of carbonyl (C=O) groups excluding carboxylic acids is 2. The van der Waals surface area contributed by atoms with Crippen molar-refractivity contribution in [1.82, 2.24) is 29.7 Å². The Hall–Kier alpha value is -4.34. The molecule has 1 saturated carbocycles. The molecule has 12 heteroatoms. The maximum atomic E-state index is 13.0. The van der Waals surface area contributed by atoms with Crippen LogP contribution in [0.5, 0.6) is 0 Å². The summed E-state index contributed by atoms with van der Waals surface area (Å²) in [6.07, 6.45) is 5.16. The monoisotopic (exact) mass is 752 g/mol. The second-order valence-electron chi connectivity index (χ2n) is 16.5. The molecule has 2 N–H and O–H groups in total. The van der Waals surface area contributed by atoms with Gasteiger partial charge in [-0.3, -0.25) is 9.80 Å². The van der Waals surface area contributed by atoms with Crippen LogP contribution < -0.4 is 0 Å². The minimum absolute atomic E-state index is 0.0398. The number of H-pyrrole nitrogens is 2. The Balaban J connectivity index is 1.03. The molecule has 0 spiro atoms. The molecule has 10 nitrogen and oxygen atoms in total. The van der Waals surface area contributed by atoms with Crippen LogP contribution in [0.3, 0.4) is 0 Å². The van der Waals surface area contributed by atoms with Crippen LogP contribution in [0.25, 0.3) is 22.3 Å². The SMILES string of the molecule is C=C1CN(C(=O)OC(C)(C)C)C2SC2(c2ncc(-c3ccc(C#Cc4ccc5nc(C(CC6CC6)C(S)N(C)C(=O)OC(C)(C)C)[nH]c5c4)cc3)[nH]2)C1. The highest BCUT2D eigenvalue weighted by atomic mass is 32.2. The number of likely N-dealkylation sites (tertiary alicyclic amines) is 1. The molecule has 53 heavy (non-hydrogen) atoms.